The van der Waals surface area contributed by atoms with Gasteiger partial charge in [-0.2, -0.15) is 0 Å². The van der Waals surface area contributed by atoms with Gasteiger partial charge in [-0.25, -0.2) is 4.98 Å². The molecule has 0 fully saturated rings. The van der Waals surface area contributed by atoms with Gasteiger partial charge in [0.15, 0.2) is 5.58 Å². The summed E-state index contributed by atoms with van der Waals surface area (Å²) in [5.74, 6) is 0. The van der Waals surface area contributed by atoms with Crippen LogP contribution in [0.15, 0.2) is 59.2 Å². The van der Waals surface area contributed by atoms with Crippen LogP contribution in [0.1, 0.15) is 0 Å². The Morgan fingerprint density at radius 1 is 0.867 bits per heavy atom. The molecule has 2 nitrogen and oxygen atoms in total. The van der Waals surface area contributed by atoms with Crippen molar-refractivity contribution in [2.24, 2.45) is 0 Å². The lowest BCUT2D eigenvalue weighted by molar-refractivity contribution is 0.615. The Morgan fingerprint density at radius 2 is 1.73 bits per heavy atom. The summed E-state index contributed by atoms with van der Waals surface area (Å²) >= 11 is 0. The molecule has 0 saturated carbocycles. The second kappa shape index (κ2) is 3.24. The van der Waals surface area contributed by atoms with Crippen molar-refractivity contribution in [3.8, 4) is 11.3 Å². The molecule has 0 bridgehead atoms. The Bertz CT molecular complexity index is 584. The van der Waals surface area contributed by atoms with Crippen LogP contribution in [0, 0.1) is 0 Å². The van der Waals surface area contributed by atoms with Crippen LogP contribution in [0.25, 0.3) is 22.4 Å². The van der Waals surface area contributed by atoms with Gasteiger partial charge in [-0.05, 0) is 12.1 Å². The van der Waals surface area contributed by atoms with Crippen LogP contribution in [-0.2, 0) is 0 Å². The fraction of sp³-hybridized carbons (Fsp3) is 0. The summed E-state index contributed by atoms with van der Waals surface area (Å²) in [5, 5.41) is 0. The lowest BCUT2D eigenvalue weighted by Crippen LogP contribution is -1.81. The minimum absolute atomic E-state index is 0.828. The van der Waals surface area contributed by atoms with E-state index >= 15 is 0 Å². The predicted molar refractivity (Wildman–Crippen MR) is 59.4 cm³/mol. The number of hydrogen-bond donors (Lipinski definition) is 0. The maximum atomic E-state index is 5.25. The monoisotopic (exact) mass is 195 g/mol. The summed E-state index contributed by atoms with van der Waals surface area (Å²) < 4.78 is 5.25. The molecule has 0 spiro atoms. The summed E-state index contributed by atoms with van der Waals surface area (Å²) in [4.78, 5) is 4.51. The van der Waals surface area contributed by atoms with E-state index in [1.807, 2.05) is 48.5 Å². The third kappa shape index (κ3) is 1.40. The van der Waals surface area contributed by atoms with Gasteiger partial charge >= 0.3 is 0 Å². The van der Waals surface area contributed by atoms with Crippen molar-refractivity contribution in [1.82, 2.24) is 4.98 Å². The quantitative estimate of drug-likeness (QED) is 0.594. The first-order valence-corrected chi connectivity index (χ1v) is 4.83. The number of fused-ring (bicyclic) bond motifs is 1. The largest absolute Gasteiger partial charge is 0.463 e. The SMILES string of the molecule is c1ccc(-c2ccc3occc3n2)cc1. The predicted octanol–water partition coefficient (Wildman–Crippen LogP) is 3.49. The number of pyridine rings is 1. The molecule has 2 heterocycles. The number of aromatic nitrogens is 1. The van der Waals surface area contributed by atoms with Crippen LogP contribution < -0.4 is 0 Å². The fourth-order valence-corrected chi connectivity index (χ4v) is 1.62. The maximum absolute atomic E-state index is 5.25. The molecule has 2 aromatic heterocycles. The highest BCUT2D eigenvalue weighted by Crippen LogP contribution is 2.20. The Kier molecular flexibility index (Phi) is 1.78. The van der Waals surface area contributed by atoms with Crippen LogP contribution in [0.2, 0.25) is 0 Å². The molecule has 0 aliphatic carbocycles. The summed E-state index contributed by atoms with van der Waals surface area (Å²) in [6.45, 7) is 0. The molecule has 0 unspecified atom stereocenters. The molecular weight excluding hydrogens is 186 g/mol. The zero-order valence-electron chi connectivity index (χ0n) is 8.05. The minimum atomic E-state index is 0.828. The van der Waals surface area contributed by atoms with Crippen molar-refractivity contribution in [2.75, 3.05) is 0 Å². The van der Waals surface area contributed by atoms with Crippen LogP contribution in [-0.4, -0.2) is 4.98 Å². The third-order valence-electron chi connectivity index (χ3n) is 2.38. The highest BCUT2D eigenvalue weighted by Gasteiger charge is 2.01. The number of nitrogens with zero attached hydrogens (tertiary/aromatic N) is 1. The van der Waals surface area contributed by atoms with Gasteiger partial charge < -0.3 is 4.42 Å². The van der Waals surface area contributed by atoms with Crippen molar-refractivity contribution in [3.63, 3.8) is 0 Å². The minimum Gasteiger partial charge on any atom is -0.463 e. The lowest BCUT2D eigenvalue weighted by atomic mass is 10.1. The van der Waals surface area contributed by atoms with Crippen molar-refractivity contribution in [2.45, 2.75) is 0 Å². The molecule has 3 aromatic rings. The van der Waals surface area contributed by atoms with E-state index in [1.54, 1.807) is 6.26 Å². The number of hydrogen-bond acceptors (Lipinski definition) is 2. The molecule has 3 rings (SSSR count). The molecule has 0 aliphatic heterocycles. The standard InChI is InChI=1S/C13H9NO/c1-2-4-10(5-3-1)11-6-7-13-12(14-11)8-9-15-13/h1-9H. The topological polar surface area (TPSA) is 26.0 Å². The highest BCUT2D eigenvalue weighted by molar-refractivity contribution is 5.76. The first-order valence-electron chi connectivity index (χ1n) is 4.83. The van der Waals surface area contributed by atoms with Gasteiger partial charge in [0, 0.05) is 11.6 Å². The number of benzene rings is 1. The summed E-state index contributed by atoms with van der Waals surface area (Å²) in [6.07, 6.45) is 1.66. The first-order chi connectivity index (χ1) is 7.43. The van der Waals surface area contributed by atoms with Crippen molar-refractivity contribution in [3.05, 3.63) is 54.8 Å². The van der Waals surface area contributed by atoms with Crippen LogP contribution >= 0.6 is 0 Å². The van der Waals surface area contributed by atoms with Gasteiger partial charge in [-0.3, -0.25) is 0 Å². The Labute approximate surface area is 87.2 Å². The van der Waals surface area contributed by atoms with Gasteiger partial charge in [-0.15, -0.1) is 0 Å². The van der Waals surface area contributed by atoms with Crippen LogP contribution in [0.3, 0.4) is 0 Å². The molecule has 15 heavy (non-hydrogen) atoms. The van der Waals surface area contributed by atoms with E-state index in [-0.39, 0.29) is 0 Å². The molecule has 1 aromatic carbocycles. The third-order valence-corrected chi connectivity index (χ3v) is 2.38. The average Bonchev–Trinajstić information content (AvgIpc) is 2.77. The molecule has 0 aliphatic rings. The zero-order chi connectivity index (χ0) is 10.1. The van der Waals surface area contributed by atoms with Crippen LogP contribution in [0.5, 0.6) is 0 Å². The molecule has 0 radical (unpaired) electrons. The van der Waals surface area contributed by atoms with Crippen molar-refractivity contribution in [1.29, 1.82) is 0 Å². The summed E-state index contributed by atoms with van der Waals surface area (Å²) in [7, 11) is 0. The lowest BCUT2D eigenvalue weighted by Gasteiger charge is -1.99. The zero-order valence-corrected chi connectivity index (χ0v) is 8.05. The Balaban J connectivity index is 2.19. The molecular formula is C13H9NO. The highest BCUT2D eigenvalue weighted by atomic mass is 16.3. The van der Waals surface area contributed by atoms with Crippen molar-refractivity contribution < 1.29 is 4.42 Å². The molecule has 72 valence electrons. The van der Waals surface area contributed by atoms with Gasteiger partial charge in [0.1, 0.15) is 5.52 Å². The van der Waals surface area contributed by atoms with E-state index in [1.165, 1.54) is 0 Å². The van der Waals surface area contributed by atoms with Gasteiger partial charge in [-0.1, -0.05) is 30.3 Å². The van der Waals surface area contributed by atoms with E-state index in [0.717, 1.165) is 22.4 Å². The molecule has 2 heteroatoms. The molecule has 0 amide bonds. The van der Waals surface area contributed by atoms with Crippen molar-refractivity contribution >= 4 is 11.1 Å². The van der Waals surface area contributed by atoms with E-state index in [9.17, 15) is 0 Å². The van der Waals surface area contributed by atoms with Gasteiger partial charge in [0.05, 0.1) is 12.0 Å². The molecule has 0 atom stereocenters. The van der Waals surface area contributed by atoms with Gasteiger partial charge in [0.2, 0.25) is 0 Å². The molecule has 0 saturated heterocycles. The normalized spacial score (nSPS) is 10.7. The second-order valence-electron chi connectivity index (χ2n) is 3.37. The van der Waals surface area contributed by atoms with Gasteiger partial charge in [0.25, 0.3) is 0 Å². The van der Waals surface area contributed by atoms with E-state index < -0.39 is 0 Å². The van der Waals surface area contributed by atoms with E-state index in [2.05, 4.69) is 4.98 Å². The second-order valence-corrected chi connectivity index (χ2v) is 3.37. The van der Waals surface area contributed by atoms with E-state index in [4.69, 9.17) is 4.42 Å². The summed E-state index contributed by atoms with van der Waals surface area (Å²) in [6, 6.07) is 15.9. The maximum Gasteiger partial charge on any atom is 0.152 e. The Morgan fingerprint density at radius 3 is 2.60 bits per heavy atom. The number of furan rings is 1. The fourth-order valence-electron chi connectivity index (χ4n) is 1.62. The smallest absolute Gasteiger partial charge is 0.152 e. The first kappa shape index (κ1) is 8.24. The average molecular weight is 195 g/mol. The molecule has 0 N–H and O–H groups in total. The number of rotatable bonds is 1. The van der Waals surface area contributed by atoms with E-state index in [0.29, 0.717) is 0 Å². The van der Waals surface area contributed by atoms with Crippen LogP contribution in [0.4, 0.5) is 0 Å². The summed E-state index contributed by atoms with van der Waals surface area (Å²) in [5.41, 5.74) is 3.83. The Hall–Kier alpha value is -2.09.